The van der Waals surface area contributed by atoms with Crippen LogP contribution in [0.5, 0.6) is 0 Å². The third kappa shape index (κ3) is 4.39. The summed E-state index contributed by atoms with van der Waals surface area (Å²) in [5.74, 6) is 0.0558. The van der Waals surface area contributed by atoms with Crippen LogP contribution in [0.2, 0.25) is 0 Å². The van der Waals surface area contributed by atoms with E-state index in [1.54, 1.807) is 24.3 Å². The van der Waals surface area contributed by atoms with Crippen molar-refractivity contribution in [3.63, 3.8) is 0 Å². The lowest BCUT2D eigenvalue weighted by molar-refractivity contribution is 0.0953. The number of hydrogen-bond donors (Lipinski definition) is 1. The van der Waals surface area contributed by atoms with Crippen molar-refractivity contribution in [3.8, 4) is 0 Å². The van der Waals surface area contributed by atoms with Crippen LogP contribution in [-0.4, -0.2) is 33.2 Å². The SMILES string of the molecule is O=C(NCCCc1ccccc1)c1ccc(N2CCCS2(=O)=O)cc1. The quantitative estimate of drug-likeness (QED) is 0.807. The van der Waals surface area contributed by atoms with Crippen molar-refractivity contribution in [1.82, 2.24) is 5.32 Å². The van der Waals surface area contributed by atoms with Crippen LogP contribution < -0.4 is 9.62 Å². The highest BCUT2D eigenvalue weighted by atomic mass is 32.2. The molecular formula is C19H22N2O3S. The number of carbonyl (C=O) groups excluding carboxylic acids is 1. The smallest absolute Gasteiger partial charge is 0.251 e. The Balaban J connectivity index is 1.51. The molecule has 0 saturated carbocycles. The van der Waals surface area contributed by atoms with Crippen molar-refractivity contribution in [3.05, 3.63) is 65.7 Å². The summed E-state index contributed by atoms with van der Waals surface area (Å²) in [5, 5.41) is 2.90. The minimum absolute atomic E-state index is 0.135. The van der Waals surface area contributed by atoms with Crippen LogP contribution in [0.4, 0.5) is 5.69 Å². The summed E-state index contributed by atoms with van der Waals surface area (Å²) >= 11 is 0. The molecule has 0 aliphatic carbocycles. The predicted molar refractivity (Wildman–Crippen MR) is 99.3 cm³/mol. The molecule has 1 fully saturated rings. The average Bonchev–Trinajstić information content (AvgIpc) is 2.99. The van der Waals surface area contributed by atoms with Crippen molar-refractivity contribution in [1.29, 1.82) is 0 Å². The summed E-state index contributed by atoms with van der Waals surface area (Å²) in [7, 11) is -3.18. The van der Waals surface area contributed by atoms with E-state index in [-0.39, 0.29) is 11.7 Å². The first-order valence-electron chi connectivity index (χ1n) is 8.49. The second kappa shape index (κ2) is 7.70. The number of anilines is 1. The van der Waals surface area contributed by atoms with Gasteiger partial charge in [-0.25, -0.2) is 8.42 Å². The van der Waals surface area contributed by atoms with Gasteiger partial charge in [-0.15, -0.1) is 0 Å². The molecule has 0 radical (unpaired) electrons. The molecular weight excluding hydrogens is 336 g/mol. The Morgan fingerprint density at radius 2 is 1.76 bits per heavy atom. The zero-order valence-electron chi connectivity index (χ0n) is 14.0. The summed E-state index contributed by atoms with van der Waals surface area (Å²) in [6.07, 6.45) is 2.44. The van der Waals surface area contributed by atoms with Gasteiger partial charge in [0.15, 0.2) is 0 Å². The Labute approximate surface area is 148 Å². The molecule has 1 N–H and O–H groups in total. The molecule has 132 valence electrons. The molecule has 2 aromatic carbocycles. The second-order valence-electron chi connectivity index (χ2n) is 6.13. The Bertz CT molecular complexity index is 818. The number of rotatable bonds is 6. The van der Waals surface area contributed by atoms with E-state index in [0.29, 0.717) is 30.8 Å². The number of nitrogens with zero attached hydrogens (tertiary/aromatic N) is 1. The van der Waals surface area contributed by atoms with Gasteiger partial charge in [0.2, 0.25) is 10.0 Å². The second-order valence-corrected chi connectivity index (χ2v) is 8.15. The van der Waals surface area contributed by atoms with E-state index in [1.807, 2.05) is 18.2 Å². The predicted octanol–water partition coefficient (Wildman–Crippen LogP) is 2.59. The van der Waals surface area contributed by atoms with Crippen LogP contribution in [-0.2, 0) is 16.4 Å². The highest BCUT2D eigenvalue weighted by Gasteiger charge is 2.28. The fraction of sp³-hybridized carbons (Fsp3) is 0.316. The molecule has 0 spiro atoms. The van der Waals surface area contributed by atoms with Gasteiger partial charge in [-0.1, -0.05) is 30.3 Å². The Kier molecular flexibility index (Phi) is 5.38. The molecule has 0 atom stereocenters. The number of amides is 1. The topological polar surface area (TPSA) is 66.5 Å². The molecule has 1 heterocycles. The molecule has 6 heteroatoms. The molecule has 3 rings (SSSR count). The van der Waals surface area contributed by atoms with Crippen LogP contribution in [0, 0.1) is 0 Å². The monoisotopic (exact) mass is 358 g/mol. The van der Waals surface area contributed by atoms with Crippen molar-refractivity contribution in [2.75, 3.05) is 23.1 Å². The molecule has 2 aromatic rings. The number of benzene rings is 2. The van der Waals surface area contributed by atoms with Gasteiger partial charge in [0.25, 0.3) is 5.91 Å². The summed E-state index contributed by atoms with van der Waals surface area (Å²) in [5.41, 5.74) is 2.42. The van der Waals surface area contributed by atoms with Gasteiger partial charge in [0.1, 0.15) is 0 Å². The minimum atomic E-state index is -3.18. The van der Waals surface area contributed by atoms with Crippen molar-refractivity contribution < 1.29 is 13.2 Å². The lowest BCUT2D eigenvalue weighted by Gasteiger charge is -2.17. The normalized spacial score (nSPS) is 15.9. The van der Waals surface area contributed by atoms with E-state index in [0.717, 1.165) is 12.8 Å². The van der Waals surface area contributed by atoms with Gasteiger partial charge < -0.3 is 5.32 Å². The Morgan fingerprint density at radius 3 is 2.40 bits per heavy atom. The molecule has 25 heavy (non-hydrogen) atoms. The molecule has 0 bridgehead atoms. The van der Waals surface area contributed by atoms with E-state index in [4.69, 9.17) is 0 Å². The maximum atomic E-state index is 12.2. The standard InChI is InChI=1S/C19H22N2O3S/c22-19(20-13-4-8-16-6-2-1-3-7-16)17-9-11-18(12-10-17)21-14-5-15-25(21,23)24/h1-3,6-7,9-12H,4-5,8,13-15H2,(H,20,22). The van der Waals surface area contributed by atoms with Gasteiger partial charge in [-0.2, -0.15) is 0 Å². The van der Waals surface area contributed by atoms with Crippen molar-refractivity contribution in [2.45, 2.75) is 19.3 Å². The van der Waals surface area contributed by atoms with Crippen LogP contribution in [0.25, 0.3) is 0 Å². The van der Waals surface area contributed by atoms with Crippen LogP contribution in [0.3, 0.4) is 0 Å². The highest BCUT2D eigenvalue weighted by Crippen LogP contribution is 2.24. The van der Waals surface area contributed by atoms with Crippen molar-refractivity contribution in [2.24, 2.45) is 0 Å². The fourth-order valence-electron chi connectivity index (χ4n) is 2.95. The van der Waals surface area contributed by atoms with Gasteiger partial charge in [-0.05, 0) is 49.1 Å². The lowest BCUT2D eigenvalue weighted by Crippen LogP contribution is -2.26. The van der Waals surface area contributed by atoms with Gasteiger partial charge >= 0.3 is 0 Å². The van der Waals surface area contributed by atoms with Gasteiger partial charge in [0, 0.05) is 18.7 Å². The molecule has 1 saturated heterocycles. The number of aryl methyl sites for hydroxylation is 1. The first kappa shape index (κ1) is 17.5. The summed E-state index contributed by atoms with van der Waals surface area (Å²) in [6, 6.07) is 16.9. The van der Waals surface area contributed by atoms with Gasteiger partial charge in [-0.3, -0.25) is 9.10 Å². The first-order chi connectivity index (χ1) is 12.1. The average molecular weight is 358 g/mol. The van der Waals surface area contributed by atoms with Gasteiger partial charge in [0.05, 0.1) is 11.4 Å². The molecule has 1 aliphatic heterocycles. The fourth-order valence-corrected chi connectivity index (χ4v) is 4.51. The summed E-state index contributed by atoms with van der Waals surface area (Å²) < 4.78 is 25.2. The maximum absolute atomic E-state index is 12.2. The van der Waals surface area contributed by atoms with Crippen LogP contribution >= 0.6 is 0 Å². The lowest BCUT2D eigenvalue weighted by atomic mass is 10.1. The zero-order chi connectivity index (χ0) is 17.7. The minimum Gasteiger partial charge on any atom is -0.352 e. The van der Waals surface area contributed by atoms with Crippen LogP contribution in [0.15, 0.2) is 54.6 Å². The third-order valence-corrected chi connectivity index (χ3v) is 6.16. The van der Waals surface area contributed by atoms with E-state index >= 15 is 0 Å². The molecule has 5 nitrogen and oxygen atoms in total. The number of hydrogen-bond acceptors (Lipinski definition) is 3. The molecule has 0 unspecified atom stereocenters. The molecule has 1 aliphatic rings. The number of sulfonamides is 1. The first-order valence-corrected chi connectivity index (χ1v) is 10.1. The van der Waals surface area contributed by atoms with Crippen LogP contribution in [0.1, 0.15) is 28.8 Å². The van der Waals surface area contributed by atoms with E-state index in [1.165, 1.54) is 9.87 Å². The molecule has 1 amide bonds. The maximum Gasteiger partial charge on any atom is 0.251 e. The highest BCUT2D eigenvalue weighted by molar-refractivity contribution is 7.93. The summed E-state index contributed by atoms with van der Waals surface area (Å²) in [4.78, 5) is 12.2. The molecule has 0 aromatic heterocycles. The number of carbonyl (C=O) groups is 1. The van der Waals surface area contributed by atoms with E-state index in [2.05, 4.69) is 17.4 Å². The van der Waals surface area contributed by atoms with E-state index in [9.17, 15) is 13.2 Å². The number of nitrogens with one attached hydrogen (secondary N) is 1. The Morgan fingerprint density at radius 1 is 1.04 bits per heavy atom. The van der Waals surface area contributed by atoms with Crippen molar-refractivity contribution >= 4 is 21.6 Å². The summed E-state index contributed by atoms with van der Waals surface area (Å²) in [6.45, 7) is 1.11. The zero-order valence-corrected chi connectivity index (χ0v) is 14.8. The largest absolute Gasteiger partial charge is 0.352 e. The third-order valence-electron chi connectivity index (χ3n) is 4.29. The van der Waals surface area contributed by atoms with E-state index < -0.39 is 10.0 Å². The Hall–Kier alpha value is -2.34.